The third kappa shape index (κ3) is 4.59. The van der Waals surface area contributed by atoms with E-state index in [0.717, 1.165) is 44.2 Å². The van der Waals surface area contributed by atoms with Gasteiger partial charge in [0, 0.05) is 6.54 Å². The van der Waals surface area contributed by atoms with Crippen molar-refractivity contribution in [2.45, 2.75) is 46.0 Å². The van der Waals surface area contributed by atoms with E-state index in [-0.39, 0.29) is 12.6 Å². The first-order valence-electron chi connectivity index (χ1n) is 9.28. The first-order valence-corrected chi connectivity index (χ1v) is 9.28. The summed E-state index contributed by atoms with van der Waals surface area (Å²) < 4.78 is 5.60. The van der Waals surface area contributed by atoms with Crippen LogP contribution < -0.4 is 0 Å². The lowest BCUT2D eigenvalue weighted by atomic mass is 9.68. The maximum absolute atomic E-state index is 12.7. The summed E-state index contributed by atoms with van der Waals surface area (Å²) >= 11 is 0. The highest BCUT2D eigenvalue weighted by atomic mass is 16.5. The van der Waals surface area contributed by atoms with E-state index in [4.69, 9.17) is 4.74 Å². The molecular weight excluding hydrogens is 318 g/mol. The summed E-state index contributed by atoms with van der Waals surface area (Å²) in [5.74, 6) is -0.100. The van der Waals surface area contributed by atoms with Gasteiger partial charge in [0.05, 0.1) is 17.4 Å². The molecule has 0 aromatic rings. The van der Waals surface area contributed by atoms with Gasteiger partial charge in [-0.3, -0.25) is 4.79 Å². The molecule has 1 N–H and O–H groups in total. The highest BCUT2D eigenvalue weighted by Gasteiger charge is 2.47. The number of carbonyl (C=O) groups excluding carboxylic acids is 2. The average Bonchev–Trinajstić information content (AvgIpc) is 2.62. The van der Waals surface area contributed by atoms with E-state index in [1.54, 1.807) is 0 Å². The van der Waals surface area contributed by atoms with Crippen molar-refractivity contribution in [3.63, 3.8) is 0 Å². The number of aliphatic hydroxyl groups excluding tert-OH is 1. The van der Waals surface area contributed by atoms with Crippen LogP contribution in [0.1, 0.15) is 46.0 Å². The molecule has 1 aliphatic carbocycles. The number of carbonyl (C=O) groups is 2. The number of likely N-dealkylation sites (tertiary alicyclic amines) is 1. The van der Waals surface area contributed by atoms with Crippen molar-refractivity contribution in [3.05, 3.63) is 23.8 Å². The first-order chi connectivity index (χ1) is 12.0. The largest absolute Gasteiger partial charge is 0.460 e. The molecule has 1 saturated carbocycles. The van der Waals surface area contributed by atoms with Gasteiger partial charge in [0.2, 0.25) is 0 Å². The molecule has 0 radical (unpaired) electrons. The van der Waals surface area contributed by atoms with Crippen LogP contribution in [0.15, 0.2) is 23.8 Å². The van der Waals surface area contributed by atoms with Crippen molar-refractivity contribution in [2.24, 2.45) is 10.8 Å². The molecule has 0 aromatic heterocycles. The molecule has 1 saturated heterocycles. The van der Waals surface area contributed by atoms with Gasteiger partial charge in [-0.05, 0) is 58.2 Å². The number of esters is 1. The van der Waals surface area contributed by atoms with Crippen LogP contribution in [0, 0.1) is 10.8 Å². The minimum Gasteiger partial charge on any atom is -0.460 e. The molecule has 0 unspecified atom stereocenters. The van der Waals surface area contributed by atoms with E-state index < -0.39 is 10.8 Å². The highest BCUT2D eigenvalue weighted by molar-refractivity contribution is 5.78. The molecule has 2 rings (SSSR count). The summed E-state index contributed by atoms with van der Waals surface area (Å²) in [6.07, 6.45) is 10.9. The Morgan fingerprint density at radius 1 is 1.20 bits per heavy atom. The molecule has 0 amide bonds. The predicted octanol–water partition coefficient (Wildman–Crippen LogP) is 2.50. The third-order valence-electron chi connectivity index (χ3n) is 5.81. The lowest BCUT2D eigenvalue weighted by molar-refractivity contribution is -0.163. The number of ether oxygens (including phenoxy) is 1. The summed E-state index contributed by atoms with van der Waals surface area (Å²) in [4.78, 5) is 26.2. The normalized spacial score (nSPS) is 23.2. The molecule has 2 fully saturated rings. The van der Waals surface area contributed by atoms with Gasteiger partial charge in [-0.15, -0.1) is 0 Å². The summed E-state index contributed by atoms with van der Waals surface area (Å²) in [7, 11) is 0. The number of aldehydes is 1. The molecule has 5 nitrogen and oxygen atoms in total. The monoisotopic (exact) mass is 349 g/mol. The van der Waals surface area contributed by atoms with E-state index in [0.29, 0.717) is 26.0 Å². The van der Waals surface area contributed by atoms with Gasteiger partial charge in [0.25, 0.3) is 0 Å². The van der Waals surface area contributed by atoms with Gasteiger partial charge < -0.3 is 19.5 Å². The minimum absolute atomic E-state index is 0.0887. The predicted molar refractivity (Wildman–Crippen MR) is 97.1 cm³/mol. The van der Waals surface area contributed by atoms with Gasteiger partial charge in [-0.25, -0.2) is 0 Å². The fraction of sp³-hybridized carbons (Fsp3) is 0.700. The molecule has 140 valence electrons. The number of nitrogens with zero attached hydrogens (tertiary/aromatic N) is 1. The van der Waals surface area contributed by atoms with Gasteiger partial charge in [-0.2, -0.15) is 0 Å². The fourth-order valence-electron chi connectivity index (χ4n) is 3.67. The maximum Gasteiger partial charge on any atom is 0.313 e. The molecular formula is C20H31NO4. The SMILES string of the molecule is C/C=C\C(=C/C)COC(=O)C1(CN2CCC(C=O)(CO)CC2)CCC1. The molecule has 1 aliphatic heterocycles. The number of hydrogen-bond acceptors (Lipinski definition) is 5. The zero-order valence-corrected chi connectivity index (χ0v) is 15.5. The van der Waals surface area contributed by atoms with E-state index >= 15 is 0 Å². The number of hydrogen-bond donors (Lipinski definition) is 1. The smallest absolute Gasteiger partial charge is 0.313 e. The van der Waals surface area contributed by atoms with Crippen LogP contribution in [0.2, 0.25) is 0 Å². The summed E-state index contributed by atoms with van der Waals surface area (Å²) in [5, 5.41) is 9.46. The maximum atomic E-state index is 12.7. The van der Waals surface area contributed by atoms with Crippen LogP contribution in [0.3, 0.4) is 0 Å². The highest BCUT2D eigenvalue weighted by Crippen LogP contribution is 2.44. The Morgan fingerprint density at radius 2 is 1.88 bits per heavy atom. The van der Waals surface area contributed by atoms with E-state index in [1.807, 2.05) is 32.1 Å². The number of piperidine rings is 1. The van der Waals surface area contributed by atoms with Crippen LogP contribution in [-0.4, -0.2) is 55.1 Å². The number of aliphatic hydroxyl groups is 1. The quantitative estimate of drug-likeness (QED) is 0.414. The van der Waals surface area contributed by atoms with Crippen LogP contribution in [-0.2, 0) is 14.3 Å². The molecule has 0 aromatic carbocycles. The van der Waals surface area contributed by atoms with E-state index in [1.165, 1.54) is 0 Å². The zero-order valence-electron chi connectivity index (χ0n) is 15.5. The topological polar surface area (TPSA) is 66.8 Å². The standard InChI is InChI=1S/C20H31NO4/c1-3-6-17(4-2)13-25-18(24)20(7-5-8-20)14-21-11-9-19(15-22,16-23)10-12-21/h3-4,6,15,23H,5,7-14,16H2,1-2H3/b6-3-,17-4+. The second-order valence-electron chi connectivity index (χ2n) is 7.49. The second kappa shape index (κ2) is 8.77. The van der Waals surface area contributed by atoms with Crippen molar-refractivity contribution < 1.29 is 19.4 Å². The fourth-order valence-corrected chi connectivity index (χ4v) is 3.67. The van der Waals surface area contributed by atoms with Crippen LogP contribution in [0.25, 0.3) is 0 Å². The van der Waals surface area contributed by atoms with Crippen molar-refractivity contribution >= 4 is 12.3 Å². The lowest BCUT2D eigenvalue weighted by Crippen LogP contribution is -2.52. The Balaban J connectivity index is 1.90. The van der Waals surface area contributed by atoms with Crippen LogP contribution in [0.4, 0.5) is 0 Å². The van der Waals surface area contributed by atoms with Crippen molar-refractivity contribution in [2.75, 3.05) is 32.8 Å². The molecule has 0 atom stereocenters. The number of rotatable bonds is 8. The summed E-state index contributed by atoms with van der Waals surface area (Å²) in [6, 6.07) is 0. The van der Waals surface area contributed by atoms with Gasteiger partial charge in [0.1, 0.15) is 12.9 Å². The molecule has 2 aliphatic rings. The summed E-state index contributed by atoms with van der Waals surface area (Å²) in [6.45, 7) is 6.30. The number of allylic oxidation sites excluding steroid dienone is 2. The van der Waals surface area contributed by atoms with Crippen molar-refractivity contribution in [1.29, 1.82) is 0 Å². The van der Waals surface area contributed by atoms with Gasteiger partial charge >= 0.3 is 5.97 Å². The Bertz CT molecular complexity index is 526. The molecule has 1 heterocycles. The van der Waals surface area contributed by atoms with E-state index in [9.17, 15) is 14.7 Å². The van der Waals surface area contributed by atoms with Crippen molar-refractivity contribution in [1.82, 2.24) is 4.90 Å². The Hall–Kier alpha value is -1.46. The molecule has 0 bridgehead atoms. The molecule has 25 heavy (non-hydrogen) atoms. The van der Waals surface area contributed by atoms with Gasteiger partial charge in [0.15, 0.2) is 0 Å². The first kappa shape index (κ1) is 19.9. The minimum atomic E-state index is -0.586. The van der Waals surface area contributed by atoms with Crippen molar-refractivity contribution in [3.8, 4) is 0 Å². The average molecular weight is 349 g/mol. The lowest BCUT2D eigenvalue weighted by Gasteiger charge is -2.45. The Morgan fingerprint density at radius 3 is 2.32 bits per heavy atom. The zero-order chi connectivity index (χ0) is 18.3. The second-order valence-corrected chi connectivity index (χ2v) is 7.49. The Labute approximate surface area is 150 Å². The molecule has 0 spiro atoms. The molecule has 5 heteroatoms. The van der Waals surface area contributed by atoms with Gasteiger partial charge in [-0.1, -0.05) is 24.6 Å². The third-order valence-corrected chi connectivity index (χ3v) is 5.81. The summed E-state index contributed by atoms with van der Waals surface area (Å²) in [5.41, 5.74) is 0.0220. The van der Waals surface area contributed by atoms with E-state index in [2.05, 4.69) is 4.90 Å². The van der Waals surface area contributed by atoms with Crippen LogP contribution >= 0.6 is 0 Å². The Kier molecular flexibility index (Phi) is 6.96. The van der Waals surface area contributed by atoms with Crippen LogP contribution in [0.5, 0.6) is 0 Å².